The number of ether oxygens (including phenoxy) is 1. The van der Waals surface area contributed by atoms with Crippen LogP contribution in [0, 0.1) is 0 Å². The van der Waals surface area contributed by atoms with Gasteiger partial charge in [0.1, 0.15) is 18.2 Å². The van der Waals surface area contributed by atoms with Crippen molar-refractivity contribution in [2.24, 2.45) is 0 Å². The molecular weight excluding hydrogens is 386 g/mol. The number of piperidine rings is 1. The van der Waals surface area contributed by atoms with Gasteiger partial charge in [0.2, 0.25) is 0 Å². The van der Waals surface area contributed by atoms with Crippen LogP contribution in [0.2, 0.25) is 4.34 Å². The molecule has 2 aromatic heterocycles. The van der Waals surface area contributed by atoms with E-state index in [4.69, 9.17) is 16.3 Å². The fourth-order valence-electron chi connectivity index (χ4n) is 3.94. The zero-order chi connectivity index (χ0) is 18.5. The van der Waals surface area contributed by atoms with Gasteiger partial charge in [0.15, 0.2) is 0 Å². The molecule has 1 spiro atoms. The molecule has 2 N–H and O–H groups in total. The number of alkyl halides is 2. The van der Waals surface area contributed by atoms with E-state index in [9.17, 15) is 13.9 Å². The molecule has 1 fully saturated rings. The van der Waals surface area contributed by atoms with Crippen molar-refractivity contribution in [1.29, 1.82) is 0 Å². The number of aliphatic hydroxyl groups excluding tert-OH is 1. The fraction of sp³-hybridized carbons (Fsp3) is 0.625. The van der Waals surface area contributed by atoms with Crippen molar-refractivity contribution in [2.45, 2.75) is 56.5 Å². The molecule has 0 radical (unpaired) electrons. The Morgan fingerprint density at radius 1 is 1.54 bits per heavy atom. The highest BCUT2D eigenvalue weighted by Crippen LogP contribution is 2.51. The van der Waals surface area contributed by atoms with E-state index in [0.717, 1.165) is 21.5 Å². The molecule has 0 amide bonds. The second-order valence-corrected chi connectivity index (χ2v) is 8.62. The first-order chi connectivity index (χ1) is 12.4. The lowest BCUT2D eigenvalue weighted by Gasteiger charge is -2.46. The van der Waals surface area contributed by atoms with Gasteiger partial charge in [-0.15, -0.1) is 16.4 Å². The van der Waals surface area contributed by atoms with Crippen LogP contribution in [0.3, 0.4) is 0 Å². The van der Waals surface area contributed by atoms with Crippen molar-refractivity contribution >= 4 is 22.9 Å². The van der Waals surface area contributed by atoms with Crippen molar-refractivity contribution in [3.8, 4) is 0 Å². The van der Waals surface area contributed by atoms with E-state index >= 15 is 0 Å². The van der Waals surface area contributed by atoms with Gasteiger partial charge in [-0.1, -0.05) is 16.8 Å². The number of halogens is 3. The maximum atomic E-state index is 12.6. The zero-order valence-electron chi connectivity index (χ0n) is 14.0. The number of hydrogen-bond acceptors (Lipinski definition) is 6. The molecule has 0 saturated carbocycles. The number of thiophene rings is 1. The second-order valence-electron chi connectivity index (χ2n) is 6.94. The Kier molecular flexibility index (Phi) is 4.77. The monoisotopic (exact) mass is 404 g/mol. The molecule has 4 heterocycles. The lowest BCUT2D eigenvalue weighted by atomic mass is 9.79. The summed E-state index contributed by atoms with van der Waals surface area (Å²) in [6, 6.07) is 1.73. The molecule has 0 aromatic carbocycles. The van der Waals surface area contributed by atoms with Gasteiger partial charge < -0.3 is 15.2 Å². The maximum absolute atomic E-state index is 12.6. The Morgan fingerprint density at radius 3 is 3.12 bits per heavy atom. The Bertz CT molecular complexity index is 801. The van der Waals surface area contributed by atoms with Crippen LogP contribution in [0.15, 0.2) is 12.3 Å². The summed E-state index contributed by atoms with van der Waals surface area (Å²) in [5.74, 6) is 0. The van der Waals surface area contributed by atoms with E-state index in [-0.39, 0.29) is 18.7 Å². The SMILES string of the molecule is C[C@H]1C[C@@]2(C[C@@H](c3cn(CC(F)F)nn3)N1)OC[C@@H](O)c1cc(Cl)sc12. The van der Waals surface area contributed by atoms with Crippen LogP contribution in [-0.4, -0.2) is 39.2 Å². The molecule has 4 atom stereocenters. The van der Waals surface area contributed by atoms with Crippen LogP contribution in [0.25, 0.3) is 0 Å². The number of aromatic nitrogens is 3. The van der Waals surface area contributed by atoms with Gasteiger partial charge in [-0.25, -0.2) is 13.5 Å². The first-order valence-electron chi connectivity index (χ1n) is 8.42. The van der Waals surface area contributed by atoms with Gasteiger partial charge >= 0.3 is 0 Å². The van der Waals surface area contributed by atoms with E-state index in [1.807, 2.05) is 6.92 Å². The molecule has 2 aromatic rings. The largest absolute Gasteiger partial charge is 0.386 e. The normalized spacial score (nSPS) is 31.5. The maximum Gasteiger partial charge on any atom is 0.257 e. The minimum absolute atomic E-state index is 0.109. The highest BCUT2D eigenvalue weighted by atomic mass is 35.5. The Labute approximate surface area is 158 Å². The van der Waals surface area contributed by atoms with Crippen molar-refractivity contribution in [1.82, 2.24) is 20.3 Å². The predicted molar refractivity (Wildman–Crippen MR) is 92.5 cm³/mol. The summed E-state index contributed by atoms with van der Waals surface area (Å²) in [6.45, 7) is 1.77. The third-order valence-corrected chi connectivity index (χ3v) is 6.38. The molecule has 4 rings (SSSR count). The molecule has 2 aliphatic heterocycles. The smallest absolute Gasteiger partial charge is 0.257 e. The fourth-order valence-corrected chi connectivity index (χ4v) is 5.39. The van der Waals surface area contributed by atoms with Crippen molar-refractivity contribution in [3.63, 3.8) is 0 Å². The molecular formula is C16H19ClF2N4O2S. The van der Waals surface area contributed by atoms with Gasteiger partial charge in [0.25, 0.3) is 6.43 Å². The Balaban J connectivity index is 1.65. The predicted octanol–water partition coefficient (Wildman–Crippen LogP) is 3.03. The summed E-state index contributed by atoms with van der Waals surface area (Å²) in [6.07, 6.45) is -0.315. The summed E-state index contributed by atoms with van der Waals surface area (Å²) >= 11 is 7.62. The standard InChI is InChI=1S/C16H19ClF2N4O2S/c1-8-3-16(15-9(2-13(17)26-15)12(24)7-25-16)4-10(20-8)11-5-23(22-21-11)6-14(18)19/h2,5,8,10,12,14,20,24H,3-4,6-7H2,1H3/t8-,10-,12+,16-/m0/s1. The molecule has 10 heteroatoms. The van der Waals surface area contributed by atoms with Crippen molar-refractivity contribution in [3.05, 3.63) is 32.7 Å². The van der Waals surface area contributed by atoms with Gasteiger partial charge in [-0.2, -0.15) is 0 Å². The molecule has 2 aliphatic rings. The van der Waals surface area contributed by atoms with Crippen molar-refractivity contribution < 1.29 is 18.6 Å². The molecule has 0 bridgehead atoms. The average molecular weight is 405 g/mol. The number of fused-ring (bicyclic) bond motifs is 2. The molecule has 6 nitrogen and oxygen atoms in total. The number of aliphatic hydroxyl groups is 1. The van der Waals surface area contributed by atoms with Crippen LogP contribution >= 0.6 is 22.9 Å². The highest BCUT2D eigenvalue weighted by molar-refractivity contribution is 7.16. The summed E-state index contributed by atoms with van der Waals surface area (Å²) in [5.41, 5.74) is 0.852. The molecule has 26 heavy (non-hydrogen) atoms. The minimum atomic E-state index is -2.48. The van der Waals surface area contributed by atoms with Gasteiger partial charge in [0.05, 0.1) is 28.9 Å². The molecule has 0 aliphatic carbocycles. The lowest BCUT2D eigenvalue weighted by Crippen LogP contribution is -2.50. The summed E-state index contributed by atoms with van der Waals surface area (Å²) in [5, 5.41) is 21.5. The van der Waals surface area contributed by atoms with E-state index < -0.39 is 24.7 Å². The number of hydrogen-bond donors (Lipinski definition) is 2. The van der Waals surface area contributed by atoms with E-state index in [2.05, 4.69) is 15.6 Å². The minimum Gasteiger partial charge on any atom is -0.386 e. The van der Waals surface area contributed by atoms with Crippen LogP contribution in [0.1, 0.15) is 48.0 Å². The third-order valence-electron chi connectivity index (χ3n) is 4.91. The quantitative estimate of drug-likeness (QED) is 0.822. The first kappa shape index (κ1) is 18.2. The molecule has 1 saturated heterocycles. The number of rotatable bonds is 3. The van der Waals surface area contributed by atoms with Crippen LogP contribution < -0.4 is 5.32 Å². The van der Waals surface area contributed by atoms with E-state index in [1.54, 1.807) is 12.3 Å². The van der Waals surface area contributed by atoms with E-state index in [1.165, 1.54) is 11.3 Å². The van der Waals surface area contributed by atoms with Crippen LogP contribution in [0.4, 0.5) is 8.78 Å². The lowest BCUT2D eigenvalue weighted by molar-refractivity contribution is -0.129. The number of nitrogens with one attached hydrogen (secondary N) is 1. The zero-order valence-corrected chi connectivity index (χ0v) is 15.6. The summed E-state index contributed by atoms with van der Waals surface area (Å²) in [7, 11) is 0. The third kappa shape index (κ3) is 3.27. The number of nitrogens with zero attached hydrogens (tertiary/aromatic N) is 3. The molecule has 0 unspecified atom stereocenters. The van der Waals surface area contributed by atoms with Gasteiger partial charge in [0, 0.05) is 22.9 Å². The summed E-state index contributed by atoms with van der Waals surface area (Å²) < 4.78 is 33.0. The van der Waals surface area contributed by atoms with Gasteiger partial charge in [-0.3, -0.25) is 0 Å². The highest BCUT2D eigenvalue weighted by Gasteiger charge is 2.48. The summed E-state index contributed by atoms with van der Waals surface area (Å²) in [4.78, 5) is 0.944. The van der Waals surface area contributed by atoms with Crippen LogP contribution in [-0.2, 0) is 16.9 Å². The van der Waals surface area contributed by atoms with Crippen LogP contribution in [0.5, 0.6) is 0 Å². The molecule has 142 valence electrons. The van der Waals surface area contributed by atoms with Crippen molar-refractivity contribution in [2.75, 3.05) is 6.61 Å². The Morgan fingerprint density at radius 2 is 2.35 bits per heavy atom. The average Bonchev–Trinajstić information content (AvgIpc) is 3.18. The second kappa shape index (κ2) is 6.79. The topological polar surface area (TPSA) is 72.2 Å². The first-order valence-corrected chi connectivity index (χ1v) is 9.62. The van der Waals surface area contributed by atoms with Gasteiger partial charge in [-0.05, 0) is 19.4 Å². The van der Waals surface area contributed by atoms with E-state index in [0.29, 0.717) is 16.5 Å². The Hall–Kier alpha value is -1.13.